The summed E-state index contributed by atoms with van der Waals surface area (Å²) in [5.74, 6) is 0. The first-order valence-electron chi connectivity index (χ1n) is 2.68. The maximum atomic E-state index is 10.7. The lowest BCUT2D eigenvalue weighted by molar-refractivity contribution is 0.756. The predicted octanol–water partition coefficient (Wildman–Crippen LogP) is -0.828. The van der Waals surface area contributed by atoms with E-state index >= 15 is 0 Å². The number of aromatic nitrogens is 2. The van der Waals surface area contributed by atoms with Gasteiger partial charge >= 0.3 is 0 Å². The van der Waals surface area contributed by atoms with E-state index < -0.39 is 0 Å². The second-order valence-corrected chi connectivity index (χ2v) is 1.91. The van der Waals surface area contributed by atoms with E-state index in [-0.39, 0.29) is 5.56 Å². The van der Waals surface area contributed by atoms with Crippen LogP contribution in [-0.4, -0.2) is 9.78 Å². The van der Waals surface area contributed by atoms with Crippen LogP contribution in [0.25, 0.3) is 0 Å². The molecule has 0 aromatic carbocycles. The fourth-order valence-electron chi connectivity index (χ4n) is 0.702. The van der Waals surface area contributed by atoms with E-state index in [1.165, 1.54) is 0 Å². The van der Waals surface area contributed by atoms with E-state index in [9.17, 15) is 4.79 Å². The second-order valence-electron chi connectivity index (χ2n) is 1.91. The molecule has 4 heteroatoms. The van der Waals surface area contributed by atoms with Gasteiger partial charge in [0.1, 0.15) is 0 Å². The van der Waals surface area contributed by atoms with E-state index in [1.807, 2.05) is 0 Å². The van der Waals surface area contributed by atoms with E-state index in [0.717, 1.165) is 0 Å². The Morgan fingerprint density at radius 3 is 2.78 bits per heavy atom. The Kier molecular flexibility index (Phi) is 1.40. The fraction of sp³-hybridized carbons (Fsp3) is 0.400. The molecule has 0 saturated carbocycles. The van der Waals surface area contributed by atoms with Crippen LogP contribution < -0.4 is 11.3 Å². The molecule has 0 bridgehead atoms. The first-order chi connectivity index (χ1) is 4.24. The van der Waals surface area contributed by atoms with Crippen molar-refractivity contribution in [2.75, 3.05) is 0 Å². The molecule has 0 radical (unpaired) electrons. The smallest absolute Gasteiger partial charge is 0.268 e. The van der Waals surface area contributed by atoms with Crippen molar-refractivity contribution in [1.82, 2.24) is 9.78 Å². The number of hydrogen-bond acceptors (Lipinski definition) is 2. The molecular formula is C5H9N3O. The number of nitrogens with one attached hydrogen (secondary N) is 1. The molecule has 0 spiro atoms. The molecule has 0 fully saturated rings. The molecule has 0 unspecified atom stereocenters. The standard InChI is InChI=1S/C5H9N3O/c1-8-3-4(2-6)5(9)7-8/h3H,2,6H2,1H3,(H,7,9). The highest BCUT2D eigenvalue weighted by Crippen LogP contribution is 1.83. The van der Waals surface area contributed by atoms with Gasteiger partial charge in [-0.25, -0.2) is 0 Å². The molecule has 0 atom stereocenters. The molecule has 0 aliphatic heterocycles. The Morgan fingerprint density at radius 2 is 2.56 bits per heavy atom. The topological polar surface area (TPSA) is 63.8 Å². The van der Waals surface area contributed by atoms with Crippen molar-refractivity contribution in [2.45, 2.75) is 6.54 Å². The summed E-state index contributed by atoms with van der Waals surface area (Å²) in [7, 11) is 1.75. The number of H-pyrrole nitrogens is 1. The normalized spacial score (nSPS) is 10.0. The molecule has 9 heavy (non-hydrogen) atoms. The number of aromatic amines is 1. The van der Waals surface area contributed by atoms with Gasteiger partial charge in [0.05, 0.1) is 0 Å². The van der Waals surface area contributed by atoms with Crippen molar-refractivity contribution in [1.29, 1.82) is 0 Å². The van der Waals surface area contributed by atoms with Crippen LogP contribution in [0, 0.1) is 0 Å². The first kappa shape index (κ1) is 6.10. The van der Waals surface area contributed by atoms with Crippen molar-refractivity contribution in [3.05, 3.63) is 22.1 Å². The zero-order chi connectivity index (χ0) is 6.85. The minimum absolute atomic E-state index is 0.0972. The van der Waals surface area contributed by atoms with E-state index in [1.54, 1.807) is 17.9 Å². The molecule has 0 saturated heterocycles. The quantitative estimate of drug-likeness (QED) is 0.517. The third kappa shape index (κ3) is 1.02. The van der Waals surface area contributed by atoms with Crippen LogP contribution in [0.2, 0.25) is 0 Å². The van der Waals surface area contributed by atoms with Crippen LogP contribution in [0.3, 0.4) is 0 Å². The molecule has 0 aliphatic carbocycles. The van der Waals surface area contributed by atoms with Crippen LogP contribution in [-0.2, 0) is 13.6 Å². The van der Waals surface area contributed by atoms with Crippen molar-refractivity contribution in [3.8, 4) is 0 Å². The molecule has 4 nitrogen and oxygen atoms in total. The summed E-state index contributed by atoms with van der Waals surface area (Å²) in [6, 6.07) is 0. The lowest BCUT2D eigenvalue weighted by Crippen LogP contribution is -2.10. The maximum Gasteiger partial charge on any atom is 0.268 e. The summed E-state index contributed by atoms with van der Waals surface area (Å²) < 4.78 is 1.59. The zero-order valence-electron chi connectivity index (χ0n) is 5.22. The Bertz CT molecular complexity index is 247. The number of rotatable bonds is 1. The molecule has 0 aliphatic rings. The lowest BCUT2D eigenvalue weighted by atomic mass is 10.4. The van der Waals surface area contributed by atoms with Gasteiger partial charge in [-0.3, -0.25) is 14.6 Å². The van der Waals surface area contributed by atoms with E-state index in [4.69, 9.17) is 5.73 Å². The van der Waals surface area contributed by atoms with Gasteiger partial charge in [0, 0.05) is 25.4 Å². The highest BCUT2D eigenvalue weighted by Gasteiger charge is 1.96. The molecule has 50 valence electrons. The van der Waals surface area contributed by atoms with Gasteiger partial charge in [-0.1, -0.05) is 0 Å². The Labute approximate surface area is 52.3 Å². The van der Waals surface area contributed by atoms with Crippen LogP contribution in [0.1, 0.15) is 5.56 Å². The summed E-state index contributed by atoms with van der Waals surface area (Å²) in [4.78, 5) is 10.7. The number of nitrogens with zero attached hydrogens (tertiary/aromatic N) is 1. The second kappa shape index (κ2) is 2.06. The molecule has 1 aromatic heterocycles. The Balaban J connectivity index is 3.16. The number of aryl methyl sites for hydroxylation is 1. The van der Waals surface area contributed by atoms with Gasteiger partial charge in [-0.05, 0) is 0 Å². The van der Waals surface area contributed by atoms with Crippen molar-refractivity contribution in [2.24, 2.45) is 12.8 Å². The van der Waals surface area contributed by atoms with Gasteiger partial charge in [0.25, 0.3) is 5.56 Å². The SMILES string of the molecule is Cn1cc(CN)c(=O)[nH]1. The third-order valence-electron chi connectivity index (χ3n) is 1.14. The third-order valence-corrected chi connectivity index (χ3v) is 1.14. The highest BCUT2D eigenvalue weighted by molar-refractivity contribution is 5.02. The van der Waals surface area contributed by atoms with Gasteiger partial charge in [-0.2, -0.15) is 0 Å². The molecule has 3 N–H and O–H groups in total. The van der Waals surface area contributed by atoms with Gasteiger partial charge in [0.15, 0.2) is 0 Å². The summed E-state index contributed by atoms with van der Waals surface area (Å²) in [6.07, 6.45) is 1.68. The first-order valence-corrected chi connectivity index (χ1v) is 2.68. The predicted molar refractivity (Wildman–Crippen MR) is 33.9 cm³/mol. The largest absolute Gasteiger partial charge is 0.326 e. The summed E-state index contributed by atoms with van der Waals surface area (Å²) in [5, 5.41) is 2.54. The zero-order valence-corrected chi connectivity index (χ0v) is 5.22. The van der Waals surface area contributed by atoms with Crippen LogP contribution in [0.15, 0.2) is 11.0 Å². The monoisotopic (exact) mass is 127 g/mol. The van der Waals surface area contributed by atoms with Crippen molar-refractivity contribution >= 4 is 0 Å². The lowest BCUT2D eigenvalue weighted by Gasteiger charge is -1.82. The maximum absolute atomic E-state index is 10.7. The van der Waals surface area contributed by atoms with Crippen LogP contribution in [0.5, 0.6) is 0 Å². The summed E-state index contributed by atoms with van der Waals surface area (Å²) in [6.45, 7) is 0.302. The molecule has 1 rings (SSSR count). The molecule has 1 aromatic rings. The van der Waals surface area contributed by atoms with Gasteiger partial charge in [0.2, 0.25) is 0 Å². The Hall–Kier alpha value is -1.03. The highest BCUT2D eigenvalue weighted by atomic mass is 16.1. The average molecular weight is 127 g/mol. The van der Waals surface area contributed by atoms with E-state index in [2.05, 4.69) is 5.10 Å². The molecule has 1 heterocycles. The molecule has 0 amide bonds. The average Bonchev–Trinajstić information content (AvgIpc) is 2.10. The van der Waals surface area contributed by atoms with Crippen LogP contribution in [0.4, 0.5) is 0 Å². The minimum atomic E-state index is -0.0972. The van der Waals surface area contributed by atoms with Crippen LogP contribution >= 0.6 is 0 Å². The summed E-state index contributed by atoms with van der Waals surface area (Å²) >= 11 is 0. The van der Waals surface area contributed by atoms with E-state index in [0.29, 0.717) is 12.1 Å². The number of nitrogens with two attached hydrogens (primary N) is 1. The van der Waals surface area contributed by atoms with Crippen molar-refractivity contribution < 1.29 is 0 Å². The fourth-order valence-corrected chi connectivity index (χ4v) is 0.702. The van der Waals surface area contributed by atoms with Gasteiger partial charge in [-0.15, -0.1) is 0 Å². The van der Waals surface area contributed by atoms with Crippen molar-refractivity contribution in [3.63, 3.8) is 0 Å². The molecular weight excluding hydrogens is 118 g/mol. The number of hydrogen-bond donors (Lipinski definition) is 2. The summed E-state index contributed by atoms with van der Waals surface area (Å²) in [5.41, 5.74) is 5.76. The van der Waals surface area contributed by atoms with Gasteiger partial charge < -0.3 is 5.73 Å². The Morgan fingerprint density at radius 1 is 1.89 bits per heavy atom. The minimum Gasteiger partial charge on any atom is -0.326 e.